The quantitative estimate of drug-likeness (QED) is 0.308. The van der Waals surface area contributed by atoms with Crippen LogP contribution in [0.25, 0.3) is 11.8 Å². The van der Waals surface area contributed by atoms with Gasteiger partial charge in [-0.05, 0) is 91.3 Å². The number of rotatable bonds is 5. The first-order valence-electron chi connectivity index (χ1n) is 10.5. The van der Waals surface area contributed by atoms with Crippen molar-refractivity contribution in [2.75, 3.05) is 11.5 Å². The fourth-order valence-electron chi connectivity index (χ4n) is 3.86. The van der Waals surface area contributed by atoms with Gasteiger partial charge in [0.1, 0.15) is 11.3 Å². The molecule has 1 aliphatic rings. The number of amides is 4. The van der Waals surface area contributed by atoms with E-state index in [1.165, 1.54) is 6.08 Å². The van der Waals surface area contributed by atoms with Crippen LogP contribution in [-0.2, 0) is 9.59 Å². The highest BCUT2D eigenvalue weighted by Gasteiger charge is 2.37. The molecule has 7 nitrogen and oxygen atoms in total. The van der Waals surface area contributed by atoms with Gasteiger partial charge in [0.15, 0.2) is 0 Å². The Hall–Kier alpha value is -3.17. The van der Waals surface area contributed by atoms with Gasteiger partial charge in [0.05, 0.1) is 12.3 Å². The molecule has 1 aliphatic heterocycles. The van der Waals surface area contributed by atoms with Gasteiger partial charge in [-0.2, -0.15) is 0 Å². The van der Waals surface area contributed by atoms with Gasteiger partial charge in [0.25, 0.3) is 11.8 Å². The van der Waals surface area contributed by atoms with Gasteiger partial charge in [-0.1, -0.05) is 15.9 Å². The molecule has 0 aliphatic carbocycles. The molecule has 0 atom stereocenters. The molecule has 174 valence electrons. The van der Waals surface area contributed by atoms with Crippen LogP contribution in [0.3, 0.4) is 0 Å². The molecule has 2 heterocycles. The van der Waals surface area contributed by atoms with E-state index < -0.39 is 17.8 Å². The number of benzene rings is 2. The second-order valence-corrected chi connectivity index (χ2v) is 9.30. The van der Waals surface area contributed by atoms with Crippen molar-refractivity contribution in [1.29, 1.82) is 0 Å². The molecule has 3 aromatic rings. The van der Waals surface area contributed by atoms with Gasteiger partial charge < -0.3 is 9.30 Å². The summed E-state index contributed by atoms with van der Waals surface area (Å²) in [5.74, 6) is -0.817. The molecule has 0 saturated carbocycles. The number of carbonyl (C=O) groups excluding carboxylic acids is 3. The molecular weight excluding hydrogens is 566 g/mol. The lowest BCUT2D eigenvalue weighted by molar-refractivity contribution is -0.122. The number of imide groups is 2. The molecule has 1 aromatic heterocycles. The van der Waals surface area contributed by atoms with Gasteiger partial charge in [0.2, 0.25) is 0 Å². The lowest BCUT2D eigenvalue weighted by atomic mass is 10.1. The average molecular weight is 587 g/mol. The molecule has 4 rings (SSSR count). The highest BCUT2D eigenvalue weighted by Crippen LogP contribution is 2.33. The smallest absolute Gasteiger partial charge is 0.335 e. The first-order valence-corrected chi connectivity index (χ1v) is 12.1. The summed E-state index contributed by atoms with van der Waals surface area (Å²) >= 11 is 7.06. The molecule has 1 N–H and O–H groups in total. The van der Waals surface area contributed by atoms with Gasteiger partial charge >= 0.3 is 6.03 Å². The van der Waals surface area contributed by atoms with Crippen molar-refractivity contribution in [3.05, 3.63) is 80.0 Å². The molecule has 4 amide bonds. The summed E-state index contributed by atoms with van der Waals surface area (Å²) in [6, 6.07) is 13.6. The number of urea groups is 1. The Morgan fingerprint density at radius 2 is 1.53 bits per heavy atom. The Morgan fingerprint density at radius 1 is 0.912 bits per heavy atom. The van der Waals surface area contributed by atoms with E-state index in [4.69, 9.17) is 4.74 Å². The van der Waals surface area contributed by atoms with E-state index >= 15 is 0 Å². The molecule has 0 spiro atoms. The molecule has 0 radical (unpaired) electrons. The number of halogens is 2. The summed E-state index contributed by atoms with van der Waals surface area (Å²) in [5, 5.41) is 2.27. The highest BCUT2D eigenvalue weighted by atomic mass is 79.9. The van der Waals surface area contributed by atoms with E-state index in [0.29, 0.717) is 23.6 Å². The van der Waals surface area contributed by atoms with Gasteiger partial charge in [-0.3, -0.25) is 14.9 Å². The Kier molecular flexibility index (Phi) is 6.77. The molecule has 0 unspecified atom stereocenters. The maximum Gasteiger partial charge on any atom is 0.335 e. The van der Waals surface area contributed by atoms with E-state index in [1.54, 1.807) is 24.3 Å². The molecule has 34 heavy (non-hydrogen) atoms. The minimum Gasteiger partial charge on any atom is -0.494 e. The largest absolute Gasteiger partial charge is 0.494 e. The van der Waals surface area contributed by atoms with Crippen molar-refractivity contribution in [2.24, 2.45) is 0 Å². The zero-order valence-electron chi connectivity index (χ0n) is 18.7. The molecule has 9 heteroatoms. The zero-order valence-corrected chi connectivity index (χ0v) is 21.9. The fourth-order valence-corrected chi connectivity index (χ4v) is 4.71. The topological polar surface area (TPSA) is 80.6 Å². The normalized spacial score (nSPS) is 15.1. The van der Waals surface area contributed by atoms with Crippen LogP contribution in [0.15, 0.2) is 63.0 Å². The zero-order chi connectivity index (χ0) is 24.6. The first-order chi connectivity index (χ1) is 16.2. The van der Waals surface area contributed by atoms with Crippen LogP contribution in [0.4, 0.5) is 10.5 Å². The summed E-state index contributed by atoms with van der Waals surface area (Å²) in [7, 11) is 0. The third-order valence-corrected chi connectivity index (χ3v) is 7.03. The summed E-state index contributed by atoms with van der Waals surface area (Å²) in [6.45, 7) is 6.22. The summed E-state index contributed by atoms with van der Waals surface area (Å²) < 4.78 is 9.17. The van der Waals surface area contributed by atoms with E-state index in [-0.39, 0.29) is 5.57 Å². The fraction of sp³-hybridized carbons (Fsp3) is 0.160. The predicted molar refractivity (Wildman–Crippen MR) is 137 cm³/mol. The third-order valence-electron chi connectivity index (χ3n) is 5.50. The molecule has 1 saturated heterocycles. The molecule has 0 bridgehead atoms. The Balaban J connectivity index is 1.75. The van der Waals surface area contributed by atoms with Crippen LogP contribution >= 0.6 is 31.9 Å². The summed E-state index contributed by atoms with van der Waals surface area (Å²) in [5.41, 5.74) is 3.57. The summed E-state index contributed by atoms with van der Waals surface area (Å²) in [4.78, 5) is 39.4. The van der Waals surface area contributed by atoms with E-state index in [1.807, 2.05) is 49.6 Å². The number of barbiturate groups is 1. The van der Waals surface area contributed by atoms with Crippen LogP contribution in [0.5, 0.6) is 5.75 Å². The number of anilines is 1. The molecular formula is C25H21Br2N3O4. The first kappa shape index (κ1) is 24.0. The number of ether oxygens (including phenoxy) is 1. The minimum absolute atomic E-state index is 0.134. The number of nitrogens with one attached hydrogen (secondary N) is 1. The third kappa shape index (κ3) is 4.33. The highest BCUT2D eigenvalue weighted by molar-refractivity contribution is 9.10. The Bertz CT molecular complexity index is 1330. The van der Waals surface area contributed by atoms with E-state index in [2.05, 4.69) is 37.2 Å². The Labute approximate surface area is 213 Å². The van der Waals surface area contributed by atoms with Crippen molar-refractivity contribution >= 4 is 61.5 Å². The van der Waals surface area contributed by atoms with Gasteiger partial charge in [-0.25, -0.2) is 9.69 Å². The maximum atomic E-state index is 13.3. The maximum absolute atomic E-state index is 13.3. The van der Waals surface area contributed by atoms with E-state index in [0.717, 1.165) is 30.9 Å². The van der Waals surface area contributed by atoms with Crippen LogP contribution in [0.1, 0.15) is 23.9 Å². The molecule has 2 aromatic carbocycles. The number of hydrogen-bond acceptors (Lipinski definition) is 4. The average Bonchev–Trinajstić information content (AvgIpc) is 3.01. The summed E-state index contributed by atoms with van der Waals surface area (Å²) in [6.07, 6.45) is 1.52. The van der Waals surface area contributed by atoms with Crippen LogP contribution < -0.4 is 15.0 Å². The van der Waals surface area contributed by atoms with Crippen molar-refractivity contribution in [1.82, 2.24) is 9.88 Å². The molecule has 1 fully saturated rings. The van der Waals surface area contributed by atoms with E-state index in [9.17, 15) is 14.4 Å². The lowest BCUT2D eigenvalue weighted by Gasteiger charge is -2.26. The Morgan fingerprint density at radius 3 is 2.15 bits per heavy atom. The van der Waals surface area contributed by atoms with Crippen molar-refractivity contribution < 1.29 is 19.1 Å². The monoisotopic (exact) mass is 585 g/mol. The van der Waals surface area contributed by atoms with Crippen LogP contribution in [0.2, 0.25) is 0 Å². The predicted octanol–water partition coefficient (Wildman–Crippen LogP) is 5.68. The minimum atomic E-state index is -0.796. The lowest BCUT2D eigenvalue weighted by Crippen LogP contribution is -2.54. The van der Waals surface area contributed by atoms with Crippen LogP contribution in [0, 0.1) is 13.8 Å². The van der Waals surface area contributed by atoms with Crippen molar-refractivity contribution in [3.63, 3.8) is 0 Å². The number of carbonyl (C=O) groups is 3. The number of aromatic nitrogens is 1. The number of nitrogens with zero attached hydrogens (tertiary/aromatic N) is 2. The number of hydrogen-bond donors (Lipinski definition) is 1. The second-order valence-electron chi connectivity index (χ2n) is 7.60. The standard InChI is InChI=1S/C25H21Br2N3O4/c1-4-34-19-11-9-18(10-12-19)30-24(32)21(23(31)28-25(30)33)13-20-14(2)29(15(3)22(20)27)17-7-5-16(26)6-8-17/h5-13H,4H2,1-3H3,(H,28,31,33)/b21-13+. The van der Waals surface area contributed by atoms with Crippen molar-refractivity contribution in [2.45, 2.75) is 20.8 Å². The van der Waals surface area contributed by atoms with Gasteiger partial charge in [-0.15, -0.1) is 0 Å². The van der Waals surface area contributed by atoms with Crippen LogP contribution in [-0.4, -0.2) is 29.0 Å². The SMILES string of the molecule is CCOc1ccc(N2C(=O)NC(=O)/C(=C\c3c(Br)c(C)n(-c4ccc(Br)cc4)c3C)C2=O)cc1. The van der Waals surface area contributed by atoms with Crippen molar-refractivity contribution in [3.8, 4) is 11.4 Å². The second kappa shape index (κ2) is 9.60. The van der Waals surface area contributed by atoms with Gasteiger partial charge in [0, 0.05) is 31.6 Å².